The van der Waals surface area contributed by atoms with E-state index in [9.17, 15) is 4.79 Å². The van der Waals surface area contributed by atoms with Crippen molar-refractivity contribution in [3.8, 4) is 0 Å². The van der Waals surface area contributed by atoms with Crippen LogP contribution < -0.4 is 16.4 Å². The highest BCUT2D eigenvalue weighted by molar-refractivity contribution is 6.33. The Hall–Kier alpha value is -1.49. The molecule has 4 N–H and O–H groups in total. The van der Waals surface area contributed by atoms with Crippen molar-refractivity contribution in [3.05, 3.63) is 17.3 Å². The average Bonchev–Trinajstić information content (AvgIpc) is 2.29. The number of amides is 1. The van der Waals surface area contributed by atoms with E-state index < -0.39 is 0 Å². The van der Waals surface area contributed by atoms with Crippen molar-refractivity contribution in [1.82, 2.24) is 4.98 Å². The molecule has 5 nitrogen and oxygen atoms in total. The van der Waals surface area contributed by atoms with Crippen molar-refractivity contribution < 1.29 is 4.79 Å². The number of nitrogens with zero attached hydrogens (tertiary/aromatic N) is 2. The maximum atomic E-state index is 11.4. The first-order valence-corrected chi connectivity index (χ1v) is 5.94. The second-order valence-corrected chi connectivity index (χ2v) is 4.59. The highest BCUT2D eigenvalue weighted by Gasteiger charge is 2.29. The highest BCUT2D eigenvalue weighted by atomic mass is 35.5. The lowest BCUT2D eigenvalue weighted by molar-refractivity contribution is -0.119. The van der Waals surface area contributed by atoms with Crippen LogP contribution in [0.2, 0.25) is 5.02 Å². The van der Waals surface area contributed by atoms with Crippen LogP contribution in [-0.2, 0) is 4.79 Å². The number of rotatable bonds is 2. The third kappa shape index (κ3) is 2.44. The Balaban J connectivity index is 2.32. The maximum absolute atomic E-state index is 11.4. The zero-order chi connectivity index (χ0) is 12.4. The first-order chi connectivity index (χ1) is 8.09. The van der Waals surface area contributed by atoms with Crippen LogP contribution in [0, 0.1) is 0 Å². The highest BCUT2D eigenvalue weighted by Crippen LogP contribution is 2.30. The van der Waals surface area contributed by atoms with Gasteiger partial charge in [0.05, 0.1) is 16.9 Å². The molecule has 1 aliphatic heterocycles. The Morgan fingerprint density at radius 1 is 1.53 bits per heavy atom. The monoisotopic (exact) mass is 254 g/mol. The number of piperidine rings is 1. The van der Waals surface area contributed by atoms with Crippen LogP contribution in [0.3, 0.4) is 0 Å². The second kappa shape index (κ2) is 4.79. The summed E-state index contributed by atoms with van der Waals surface area (Å²) in [6.45, 7) is 0.740. The Kier molecular flexibility index (Phi) is 3.38. The zero-order valence-corrected chi connectivity index (χ0v) is 10.2. The van der Waals surface area contributed by atoms with Crippen molar-refractivity contribution in [3.63, 3.8) is 0 Å². The summed E-state index contributed by atoms with van der Waals surface area (Å²) in [5.74, 6) is 0.253. The molecule has 1 amide bonds. The molecule has 2 heterocycles. The maximum Gasteiger partial charge on any atom is 0.240 e. The molecule has 1 aromatic rings. The van der Waals surface area contributed by atoms with Gasteiger partial charge in [-0.15, -0.1) is 0 Å². The Morgan fingerprint density at radius 3 is 2.94 bits per heavy atom. The SMILES string of the molecule is NC(=O)C1CCCCN1c1ncc(N)cc1Cl. The van der Waals surface area contributed by atoms with Crippen LogP contribution in [0.1, 0.15) is 19.3 Å². The van der Waals surface area contributed by atoms with E-state index in [1.807, 2.05) is 4.90 Å². The van der Waals surface area contributed by atoms with Gasteiger partial charge in [0.15, 0.2) is 0 Å². The molecule has 0 spiro atoms. The van der Waals surface area contributed by atoms with E-state index in [4.69, 9.17) is 23.1 Å². The standard InChI is InChI=1S/C11H15ClN4O/c12-8-5-7(13)6-15-11(8)16-4-2-1-3-9(16)10(14)17/h5-6,9H,1-4,13H2,(H2,14,17). The van der Waals surface area contributed by atoms with Crippen LogP contribution >= 0.6 is 11.6 Å². The number of halogens is 1. The van der Waals surface area contributed by atoms with E-state index in [1.165, 1.54) is 6.20 Å². The third-order valence-electron chi connectivity index (χ3n) is 2.95. The summed E-state index contributed by atoms with van der Waals surface area (Å²) in [4.78, 5) is 17.5. The Labute approximate surface area is 105 Å². The molecule has 1 saturated heterocycles. The number of primary amides is 1. The number of nitrogen functional groups attached to an aromatic ring is 1. The second-order valence-electron chi connectivity index (χ2n) is 4.18. The Bertz CT molecular complexity index is 437. The number of nitrogens with two attached hydrogens (primary N) is 2. The fraction of sp³-hybridized carbons (Fsp3) is 0.455. The predicted octanol–water partition coefficient (Wildman–Crippen LogP) is 1.16. The first kappa shape index (κ1) is 12.0. The van der Waals surface area contributed by atoms with E-state index >= 15 is 0 Å². The summed E-state index contributed by atoms with van der Waals surface area (Å²) >= 11 is 6.10. The van der Waals surface area contributed by atoms with Gasteiger partial charge < -0.3 is 16.4 Å². The summed E-state index contributed by atoms with van der Waals surface area (Å²) in [5.41, 5.74) is 11.5. The average molecular weight is 255 g/mol. The molecule has 0 saturated carbocycles. The van der Waals surface area contributed by atoms with Gasteiger partial charge in [-0.05, 0) is 25.3 Å². The van der Waals surface area contributed by atoms with E-state index in [1.54, 1.807) is 6.07 Å². The lowest BCUT2D eigenvalue weighted by atomic mass is 10.0. The van der Waals surface area contributed by atoms with Crippen LogP contribution in [-0.4, -0.2) is 23.5 Å². The van der Waals surface area contributed by atoms with Crippen LogP contribution in [0.4, 0.5) is 11.5 Å². The lowest BCUT2D eigenvalue weighted by Gasteiger charge is -2.35. The molecule has 0 aliphatic carbocycles. The lowest BCUT2D eigenvalue weighted by Crippen LogP contribution is -2.48. The molecule has 1 aliphatic rings. The first-order valence-electron chi connectivity index (χ1n) is 5.56. The van der Waals surface area contributed by atoms with Gasteiger partial charge in [-0.3, -0.25) is 4.79 Å². The van der Waals surface area contributed by atoms with Crippen molar-refractivity contribution >= 4 is 29.0 Å². The van der Waals surface area contributed by atoms with Crippen molar-refractivity contribution in [2.24, 2.45) is 5.73 Å². The van der Waals surface area contributed by atoms with Crippen LogP contribution in [0.25, 0.3) is 0 Å². The van der Waals surface area contributed by atoms with Crippen molar-refractivity contribution in [2.45, 2.75) is 25.3 Å². The number of anilines is 2. The normalized spacial score (nSPS) is 20.3. The van der Waals surface area contributed by atoms with Gasteiger partial charge in [-0.25, -0.2) is 4.98 Å². The van der Waals surface area contributed by atoms with E-state index in [0.717, 1.165) is 25.8 Å². The van der Waals surface area contributed by atoms with Gasteiger partial charge in [0.2, 0.25) is 5.91 Å². The van der Waals surface area contributed by atoms with Crippen LogP contribution in [0.5, 0.6) is 0 Å². The molecule has 0 bridgehead atoms. The van der Waals surface area contributed by atoms with Gasteiger partial charge in [-0.2, -0.15) is 0 Å². The summed E-state index contributed by atoms with van der Waals surface area (Å²) < 4.78 is 0. The molecular formula is C11H15ClN4O. The quantitative estimate of drug-likeness (QED) is 0.829. The number of pyridine rings is 1. The van der Waals surface area contributed by atoms with Gasteiger partial charge in [0, 0.05) is 6.54 Å². The van der Waals surface area contributed by atoms with Gasteiger partial charge in [0.1, 0.15) is 11.9 Å². The zero-order valence-electron chi connectivity index (χ0n) is 9.40. The van der Waals surface area contributed by atoms with E-state index in [2.05, 4.69) is 4.98 Å². The molecule has 6 heteroatoms. The number of carbonyl (C=O) groups is 1. The fourth-order valence-corrected chi connectivity index (χ4v) is 2.42. The fourth-order valence-electron chi connectivity index (χ4n) is 2.14. The molecular weight excluding hydrogens is 240 g/mol. The predicted molar refractivity (Wildman–Crippen MR) is 67.8 cm³/mol. The van der Waals surface area contributed by atoms with E-state index in [-0.39, 0.29) is 11.9 Å². The summed E-state index contributed by atoms with van der Waals surface area (Å²) in [6, 6.07) is 1.31. The molecule has 92 valence electrons. The molecule has 2 rings (SSSR count). The summed E-state index contributed by atoms with van der Waals surface area (Å²) in [6.07, 6.45) is 4.29. The van der Waals surface area contributed by atoms with Crippen molar-refractivity contribution in [2.75, 3.05) is 17.2 Å². The number of carbonyl (C=O) groups excluding carboxylic acids is 1. The van der Waals surface area contributed by atoms with Gasteiger partial charge >= 0.3 is 0 Å². The largest absolute Gasteiger partial charge is 0.397 e. The van der Waals surface area contributed by atoms with E-state index in [0.29, 0.717) is 16.5 Å². The Morgan fingerprint density at radius 2 is 2.29 bits per heavy atom. The summed E-state index contributed by atoms with van der Waals surface area (Å²) in [5, 5.41) is 0.457. The van der Waals surface area contributed by atoms with Gasteiger partial charge in [0.25, 0.3) is 0 Å². The molecule has 0 radical (unpaired) electrons. The summed E-state index contributed by atoms with van der Waals surface area (Å²) in [7, 11) is 0. The molecule has 1 fully saturated rings. The number of aromatic nitrogens is 1. The van der Waals surface area contributed by atoms with Crippen molar-refractivity contribution in [1.29, 1.82) is 0 Å². The molecule has 1 unspecified atom stereocenters. The topological polar surface area (TPSA) is 85.2 Å². The minimum atomic E-state index is -0.334. The number of hydrogen-bond donors (Lipinski definition) is 2. The smallest absolute Gasteiger partial charge is 0.240 e. The third-order valence-corrected chi connectivity index (χ3v) is 3.22. The molecule has 1 aromatic heterocycles. The number of hydrogen-bond acceptors (Lipinski definition) is 4. The van der Waals surface area contributed by atoms with Crippen LogP contribution in [0.15, 0.2) is 12.3 Å². The molecule has 1 atom stereocenters. The molecule has 17 heavy (non-hydrogen) atoms. The minimum absolute atomic E-state index is 0.322. The van der Waals surface area contributed by atoms with Gasteiger partial charge in [-0.1, -0.05) is 11.6 Å². The minimum Gasteiger partial charge on any atom is -0.397 e. The molecule has 0 aromatic carbocycles.